The van der Waals surface area contributed by atoms with Crippen molar-refractivity contribution in [2.75, 3.05) is 41.5 Å². The van der Waals surface area contributed by atoms with Crippen LogP contribution in [0.3, 0.4) is 0 Å². The Kier molecular flexibility index (Phi) is 6.94. The molecule has 0 saturated heterocycles. The molecule has 0 unspecified atom stereocenters. The first-order valence-electron chi connectivity index (χ1n) is 12.9. The molecular weight excluding hydrogens is 506 g/mol. The number of ether oxygens (including phenoxy) is 3. The number of nitrogens with zero attached hydrogens (tertiary/aromatic N) is 3. The van der Waals surface area contributed by atoms with E-state index in [-0.39, 0.29) is 6.04 Å². The van der Waals surface area contributed by atoms with Crippen LogP contribution in [0.25, 0.3) is 11.8 Å². The lowest BCUT2D eigenvalue weighted by molar-refractivity contribution is 0.344. The van der Waals surface area contributed by atoms with Crippen molar-refractivity contribution in [2.45, 2.75) is 6.04 Å². The second-order valence-electron chi connectivity index (χ2n) is 9.78. The molecule has 0 spiro atoms. The first kappa shape index (κ1) is 25.3. The molecule has 1 atom stereocenters. The van der Waals surface area contributed by atoms with Crippen molar-refractivity contribution in [1.29, 1.82) is 0 Å². The normalized spacial score (nSPS) is 19.8. The van der Waals surface area contributed by atoms with E-state index in [0.29, 0.717) is 0 Å². The quantitative estimate of drug-likeness (QED) is 0.360. The lowest BCUT2D eigenvalue weighted by atomic mass is 9.88. The molecule has 7 heteroatoms. The van der Waals surface area contributed by atoms with Gasteiger partial charge >= 0.3 is 0 Å². The van der Waals surface area contributed by atoms with Crippen molar-refractivity contribution >= 4 is 28.7 Å². The van der Waals surface area contributed by atoms with E-state index < -0.39 is 0 Å². The highest BCUT2D eigenvalue weighted by Gasteiger charge is 2.41. The highest BCUT2D eigenvalue weighted by atomic mass is 32.2. The number of hydrogen-bond donors (Lipinski definition) is 0. The number of fused-ring (bicyclic) bond motifs is 1. The summed E-state index contributed by atoms with van der Waals surface area (Å²) in [5.74, 6) is 2.54. The molecule has 0 saturated carbocycles. The minimum atomic E-state index is 0.00350. The molecule has 0 N–H and O–H groups in total. The highest BCUT2D eigenvalue weighted by Crippen LogP contribution is 2.49. The summed E-state index contributed by atoms with van der Waals surface area (Å²) in [6, 6.07) is 24.9. The van der Waals surface area contributed by atoms with E-state index >= 15 is 0 Å². The van der Waals surface area contributed by atoms with E-state index in [4.69, 9.17) is 19.2 Å². The van der Waals surface area contributed by atoms with E-state index in [1.54, 1.807) is 33.1 Å². The van der Waals surface area contributed by atoms with Gasteiger partial charge in [-0.3, -0.25) is 4.90 Å². The minimum Gasteiger partial charge on any atom is -0.497 e. The molecule has 0 radical (unpaired) electrons. The molecule has 0 aliphatic carbocycles. The fourth-order valence-corrected chi connectivity index (χ4v) is 6.31. The Labute approximate surface area is 233 Å². The van der Waals surface area contributed by atoms with Crippen molar-refractivity contribution in [3.8, 4) is 17.2 Å². The number of methoxy groups -OCH3 is 3. The summed E-state index contributed by atoms with van der Waals surface area (Å²) in [7, 11) is 7.26. The van der Waals surface area contributed by atoms with Gasteiger partial charge in [-0.25, -0.2) is 4.99 Å². The molecule has 3 aliphatic rings. The monoisotopic (exact) mass is 537 g/mol. The third kappa shape index (κ3) is 4.84. The van der Waals surface area contributed by atoms with E-state index in [1.165, 1.54) is 16.7 Å². The van der Waals surface area contributed by atoms with Gasteiger partial charge in [0.1, 0.15) is 17.2 Å². The molecule has 3 aromatic rings. The van der Waals surface area contributed by atoms with Gasteiger partial charge in [0.25, 0.3) is 0 Å². The van der Waals surface area contributed by atoms with Crippen LogP contribution in [0.2, 0.25) is 0 Å². The second kappa shape index (κ2) is 10.7. The smallest absolute Gasteiger partial charge is 0.174 e. The van der Waals surface area contributed by atoms with Gasteiger partial charge in [-0.2, -0.15) is 0 Å². The van der Waals surface area contributed by atoms with Crippen molar-refractivity contribution in [2.24, 2.45) is 4.99 Å². The third-order valence-corrected chi connectivity index (χ3v) is 8.14. The Morgan fingerprint density at radius 1 is 0.795 bits per heavy atom. The molecule has 39 heavy (non-hydrogen) atoms. The lowest BCUT2D eigenvalue weighted by Crippen LogP contribution is -2.40. The zero-order valence-corrected chi connectivity index (χ0v) is 23.4. The predicted octanol–water partition coefficient (Wildman–Crippen LogP) is 6.45. The molecule has 3 aliphatic heterocycles. The standard InChI is InChI=1S/C32H31N3O3S/c1-34-18-24(17-21-5-11-25(36-2)12-6-21)30-28(19-34)31(23-9-15-27(38-4)16-10-23)35-29(20-39-32(35)33-30)22-7-13-26(37-3)14-8-22/h5-17,20,31H,18-19H2,1-4H3/b24-17+/t31-/m0/s1. The molecular formula is C32H31N3O3S. The van der Waals surface area contributed by atoms with E-state index in [0.717, 1.165) is 58.0 Å². The summed E-state index contributed by atoms with van der Waals surface area (Å²) in [6.07, 6.45) is 2.26. The van der Waals surface area contributed by atoms with Gasteiger partial charge < -0.3 is 19.1 Å². The summed E-state index contributed by atoms with van der Waals surface area (Å²) in [4.78, 5) is 10.0. The summed E-state index contributed by atoms with van der Waals surface area (Å²) in [5, 5.41) is 3.21. The van der Waals surface area contributed by atoms with Crippen molar-refractivity contribution < 1.29 is 14.2 Å². The summed E-state index contributed by atoms with van der Waals surface area (Å²) < 4.78 is 16.2. The topological polar surface area (TPSA) is 46.5 Å². The Balaban J connectivity index is 1.47. The van der Waals surface area contributed by atoms with Crippen molar-refractivity contribution in [1.82, 2.24) is 9.80 Å². The van der Waals surface area contributed by atoms with Crippen LogP contribution < -0.4 is 14.2 Å². The maximum Gasteiger partial charge on any atom is 0.174 e. The van der Waals surface area contributed by atoms with Gasteiger partial charge in [0, 0.05) is 18.5 Å². The van der Waals surface area contributed by atoms with E-state index in [9.17, 15) is 0 Å². The van der Waals surface area contributed by atoms with Gasteiger partial charge in [0.05, 0.1) is 38.8 Å². The van der Waals surface area contributed by atoms with Crippen LogP contribution in [0.15, 0.2) is 100 Å². The Morgan fingerprint density at radius 3 is 2.00 bits per heavy atom. The Morgan fingerprint density at radius 2 is 1.38 bits per heavy atom. The summed E-state index contributed by atoms with van der Waals surface area (Å²) in [6.45, 7) is 1.67. The SMILES string of the molecule is COc1ccc(/C=C2\CN(C)CC3=C2N=C2SC=C(c4ccc(OC)cc4)N2[C@H]3c2ccc(OC)cc2)cc1. The average Bonchev–Trinajstić information content (AvgIpc) is 3.40. The van der Waals surface area contributed by atoms with Gasteiger partial charge in [0.2, 0.25) is 0 Å². The predicted molar refractivity (Wildman–Crippen MR) is 159 cm³/mol. The Bertz CT molecular complexity index is 1490. The largest absolute Gasteiger partial charge is 0.497 e. The van der Waals surface area contributed by atoms with Gasteiger partial charge in [0.15, 0.2) is 5.17 Å². The summed E-state index contributed by atoms with van der Waals surface area (Å²) in [5.41, 5.74) is 8.21. The highest BCUT2D eigenvalue weighted by molar-refractivity contribution is 8.16. The lowest BCUT2D eigenvalue weighted by Gasteiger charge is -2.42. The van der Waals surface area contributed by atoms with Crippen LogP contribution in [0, 0.1) is 0 Å². The number of aliphatic imine (C=N–C) groups is 1. The first-order valence-corrected chi connectivity index (χ1v) is 13.8. The number of amidine groups is 1. The fraction of sp³-hybridized carbons (Fsp3) is 0.219. The Hall–Kier alpha value is -3.94. The zero-order valence-electron chi connectivity index (χ0n) is 22.5. The van der Waals surface area contributed by atoms with Crippen LogP contribution in [0.5, 0.6) is 17.2 Å². The van der Waals surface area contributed by atoms with E-state index in [1.807, 2.05) is 36.4 Å². The molecule has 0 amide bonds. The molecule has 3 aromatic carbocycles. The number of benzene rings is 3. The molecule has 6 nitrogen and oxygen atoms in total. The van der Waals surface area contributed by atoms with Crippen LogP contribution in [0.1, 0.15) is 22.7 Å². The molecule has 198 valence electrons. The number of thioether (sulfide) groups is 1. The second-order valence-corrected chi connectivity index (χ2v) is 10.6. The first-order chi connectivity index (χ1) is 19.1. The molecule has 0 bridgehead atoms. The van der Waals surface area contributed by atoms with Crippen LogP contribution >= 0.6 is 11.8 Å². The van der Waals surface area contributed by atoms with Crippen molar-refractivity contribution in [3.63, 3.8) is 0 Å². The van der Waals surface area contributed by atoms with Crippen LogP contribution in [-0.4, -0.2) is 56.4 Å². The molecule has 0 aromatic heterocycles. The average molecular weight is 538 g/mol. The maximum absolute atomic E-state index is 5.48. The molecule has 6 rings (SSSR count). The maximum atomic E-state index is 5.48. The zero-order chi connectivity index (χ0) is 26.9. The number of rotatable bonds is 6. The number of hydrogen-bond acceptors (Lipinski definition) is 7. The van der Waals surface area contributed by atoms with Crippen molar-refractivity contribution in [3.05, 3.63) is 112 Å². The van der Waals surface area contributed by atoms with Gasteiger partial charge in [-0.15, -0.1) is 0 Å². The van der Waals surface area contributed by atoms with Crippen LogP contribution in [0.4, 0.5) is 0 Å². The van der Waals surface area contributed by atoms with Crippen LogP contribution in [-0.2, 0) is 0 Å². The summed E-state index contributed by atoms with van der Waals surface area (Å²) >= 11 is 1.68. The van der Waals surface area contributed by atoms with Gasteiger partial charge in [-0.1, -0.05) is 36.0 Å². The van der Waals surface area contributed by atoms with E-state index in [2.05, 4.69) is 64.7 Å². The number of likely N-dealkylation sites (N-methyl/N-ethyl adjacent to an activating group) is 1. The fourth-order valence-electron chi connectivity index (χ4n) is 5.38. The minimum absolute atomic E-state index is 0.00350. The molecule has 0 fully saturated rings. The third-order valence-electron chi connectivity index (χ3n) is 7.30. The molecule has 3 heterocycles. The van der Waals surface area contributed by atoms with Gasteiger partial charge in [-0.05, 0) is 89.5 Å².